The van der Waals surface area contributed by atoms with E-state index in [2.05, 4.69) is 39.8 Å². The predicted octanol–water partition coefficient (Wildman–Crippen LogP) is 3.87. The van der Waals surface area contributed by atoms with Crippen LogP contribution in [0, 0.1) is 11.7 Å². The minimum atomic E-state index is -0.517. The first-order valence-electron chi connectivity index (χ1n) is 9.28. The van der Waals surface area contributed by atoms with Gasteiger partial charge in [0, 0.05) is 25.7 Å². The molecule has 2 aromatic carbocycles. The highest BCUT2D eigenvalue weighted by molar-refractivity contribution is 5.89. The van der Waals surface area contributed by atoms with Crippen LogP contribution in [-0.4, -0.2) is 37.7 Å². The second kappa shape index (κ2) is 9.37. The second-order valence-corrected chi connectivity index (χ2v) is 6.89. The van der Waals surface area contributed by atoms with E-state index in [1.54, 1.807) is 6.07 Å². The number of carbonyl (C=O) groups excluding carboxylic acids is 1. The second-order valence-electron chi connectivity index (χ2n) is 6.89. The fourth-order valence-electron chi connectivity index (χ4n) is 3.41. The van der Waals surface area contributed by atoms with E-state index in [-0.39, 0.29) is 5.69 Å². The molecular weight excluding hydrogens is 345 g/mol. The summed E-state index contributed by atoms with van der Waals surface area (Å²) in [6, 6.07) is 14.4. The molecule has 6 heteroatoms. The molecule has 1 atom stereocenters. The molecule has 2 N–H and O–H groups in total. The smallest absolute Gasteiger partial charge is 0.319 e. The molecule has 3 rings (SSSR count). The molecule has 0 spiro atoms. The number of anilines is 1. The first kappa shape index (κ1) is 19.2. The summed E-state index contributed by atoms with van der Waals surface area (Å²) in [6.07, 6.45) is 2.06. The van der Waals surface area contributed by atoms with Crippen LogP contribution in [0.5, 0.6) is 5.75 Å². The number of ether oxygens (including phenoxy) is 1. The summed E-state index contributed by atoms with van der Waals surface area (Å²) in [7, 11) is 1.47. The van der Waals surface area contributed by atoms with Gasteiger partial charge in [-0.25, -0.2) is 9.18 Å². The zero-order valence-electron chi connectivity index (χ0n) is 15.6. The Morgan fingerprint density at radius 3 is 2.81 bits per heavy atom. The van der Waals surface area contributed by atoms with Crippen LogP contribution in [0.2, 0.25) is 0 Å². The minimum absolute atomic E-state index is 0.142. The molecule has 144 valence electrons. The number of likely N-dealkylation sites (tertiary alicyclic amines) is 1. The molecule has 0 saturated carbocycles. The number of hydrogen-bond donors (Lipinski definition) is 2. The van der Waals surface area contributed by atoms with Gasteiger partial charge in [0.05, 0.1) is 12.8 Å². The summed E-state index contributed by atoms with van der Waals surface area (Å²) in [5, 5.41) is 5.35. The van der Waals surface area contributed by atoms with E-state index in [1.165, 1.54) is 24.8 Å². The maximum Gasteiger partial charge on any atom is 0.319 e. The normalized spacial score (nSPS) is 16.9. The Hall–Kier alpha value is -2.60. The van der Waals surface area contributed by atoms with Gasteiger partial charge in [-0.15, -0.1) is 0 Å². The third-order valence-corrected chi connectivity index (χ3v) is 4.88. The number of rotatable bonds is 7. The van der Waals surface area contributed by atoms with Crippen LogP contribution in [0.25, 0.3) is 0 Å². The molecule has 1 aliphatic rings. The minimum Gasteiger partial charge on any atom is -0.497 e. The Morgan fingerprint density at radius 1 is 1.26 bits per heavy atom. The maximum absolute atomic E-state index is 13.9. The van der Waals surface area contributed by atoms with Crippen molar-refractivity contribution >= 4 is 11.7 Å². The van der Waals surface area contributed by atoms with Gasteiger partial charge in [0.2, 0.25) is 0 Å². The Balaban J connectivity index is 1.37. The van der Waals surface area contributed by atoms with E-state index >= 15 is 0 Å². The predicted molar refractivity (Wildman–Crippen MR) is 104 cm³/mol. The van der Waals surface area contributed by atoms with Crippen molar-refractivity contribution in [2.75, 3.05) is 32.1 Å². The highest BCUT2D eigenvalue weighted by atomic mass is 19.1. The van der Waals surface area contributed by atoms with Crippen LogP contribution < -0.4 is 15.4 Å². The Labute approximate surface area is 159 Å². The van der Waals surface area contributed by atoms with Gasteiger partial charge < -0.3 is 15.4 Å². The average Bonchev–Trinajstić information content (AvgIpc) is 3.11. The van der Waals surface area contributed by atoms with E-state index in [4.69, 9.17) is 4.74 Å². The SMILES string of the molecule is COc1ccc(NC(=O)NCC[C@H]2CCN(Cc3ccccc3)C2)c(F)c1. The molecule has 2 aromatic rings. The molecule has 0 unspecified atom stereocenters. The van der Waals surface area contributed by atoms with Crippen molar-refractivity contribution in [1.82, 2.24) is 10.2 Å². The van der Waals surface area contributed by atoms with Gasteiger partial charge in [-0.3, -0.25) is 4.90 Å². The molecule has 27 heavy (non-hydrogen) atoms. The zero-order valence-corrected chi connectivity index (χ0v) is 15.6. The van der Waals surface area contributed by atoms with Gasteiger partial charge in [-0.2, -0.15) is 0 Å². The molecule has 0 bridgehead atoms. The summed E-state index contributed by atoms with van der Waals surface area (Å²) < 4.78 is 18.8. The average molecular weight is 371 g/mol. The maximum atomic E-state index is 13.9. The summed E-state index contributed by atoms with van der Waals surface area (Å²) in [4.78, 5) is 14.4. The van der Waals surface area contributed by atoms with Crippen molar-refractivity contribution in [2.45, 2.75) is 19.4 Å². The molecule has 0 aliphatic carbocycles. The molecule has 1 aliphatic heterocycles. The summed E-state index contributed by atoms with van der Waals surface area (Å²) >= 11 is 0. The highest BCUT2D eigenvalue weighted by Crippen LogP contribution is 2.22. The summed E-state index contributed by atoms with van der Waals surface area (Å²) in [5.41, 5.74) is 1.47. The van der Waals surface area contributed by atoms with Crippen LogP contribution in [-0.2, 0) is 6.54 Å². The number of hydrogen-bond acceptors (Lipinski definition) is 3. The molecule has 0 aromatic heterocycles. The van der Waals surface area contributed by atoms with Gasteiger partial charge in [-0.1, -0.05) is 30.3 Å². The Bertz CT molecular complexity index is 754. The van der Waals surface area contributed by atoms with Crippen LogP contribution >= 0.6 is 0 Å². The van der Waals surface area contributed by atoms with Crippen LogP contribution in [0.3, 0.4) is 0 Å². The van der Waals surface area contributed by atoms with Crippen molar-refractivity contribution in [1.29, 1.82) is 0 Å². The van der Waals surface area contributed by atoms with Gasteiger partial charge in [0.15, 0.2) is 0 Å². The van der Waals surface area contributed by atoms with Gasteiger partial charge in [0.25, 0.3) is 0 Å². The number of halogens is 1. The lowest BCUT2D eigenvalue weighted by Gasteiger charge is -2.16. The third-order valence-electron chi connectivity index (χ3n) is 4.88. The van der Waals surface area contributed by atoms with Crippen LogP contribution in [0.1, 0.15) is 18.4 Å². The first-order valence-corrected chi connectivity index (χ1v) is 9.28. The number of benzene rings is 2. The first-order chi connectivity index (χ1) is 13.1. The van der Waals surface area contributed by atoms with Crippen molar-refractivity contribution in [3.8, 4) is 5.75 Å². The Morgan fingerprint density at radius 2 is 2.07 bits per heavy atom. The zero-order chi connectivity index (χ0) is 19.1. The molecular formula is C21H26FN3O2. The van der Waals surface area contributed by atoms with Crippen molar-refractivity contribution in [2.24, 2.45) is 5.92 Å². The van der Waals surface area contributed by atoms with Crippen molar-refractivity contribution in [3.05, 3.63) is 59.9 Å². The molecule has 0 radical (unpaired) electrons. The number of carbonyl (C=O) groups is 1. The van der Waals surface area contributed by atoms with E-state index in [0.29, 0.717) is 18.2 Å². The van der Waals surface area contributed by atoms with E-state index in [1.807, 2.05) is 6.07 Å². The topological polar surface area (TPSA) is 53.6 Å². The molecule has 1 heterocycles. The number of nitrogens with one attached hydrogen (secondary N) is 2. The van der Waals surface area contributed by atoms with Crippen LogP contribution in [0.15, 0.2) is 48.5 Å². The highest BCUT2D eigenvalue weighted by Gasteiger charge is 2.22. The van der Waals surface area contributed by atoms with Gasteiger partial charge in [0.1, 0.15) is 11.6 Å². The molecule has 1 fully saturated rings. The standard InChI is InChI=1S/C21H26FN3O2/c1-27-18-7-8-20(19(22)13-18)24-21(26)23-11-9-17-10-12-25(15-17)14-16-5-3-2-4-6-16/h2-8,13,17H,9-12,14-15H2,1H3,(H2,23,24,26)/t17-/m0/s1. The summed E-state index contributed by atoms with van der Waals surface area (Å²) in [5.74, 6) is 0.475. The largest absolute Gasteiger partial charge is 0.497 e. The number of methoxy groups -OCH3 is 1. The van der Waals surface area contributed by atoms with Gasteiger partial charge in [-0.05, 0) is 43.0 Å². The van der Waals surface area contributed by atoms with Crippen LogP contribution in [0.4, 0.5) is 14.9 Å². The molecule has 2 amide bonds. The van der Waals surface area contributed by atoms with E-state index in [9.17, 15) is 9.18 Å². The molecule has 1 saturated heterocycles. The Kier molecular flexibility index (Phi) is 6.65. The number of urea groups is 1. The van der Waals surface area contributed by atoms with Gasteiger partial charge >= 0.3 is 6.03 Å². The fourth-order valence-corrected chi connectivity index (χ4v) is 3.41. The third kappa shape index (κ3) is 5.69. The van der Waals surface area contributed by atoms with Crippen molar-refractivity contribution in [3.63, 3.8) is 0 Å². The monoisotopic (exact) mass is 371 g/mol. The summed E-state index contributed by atoms with van der Waals surface area (Å²) in [6.45, 7) is 3.68. The van der Waals surface area contributed by atoms with Crippen molar-refractivity contribution < 1.29 is 13.9 Å². The molecule has 5 nitrogen and oxygen atoms in total. The lowest BCUT2D eigenvalue weighted by molar-refractivity contribution is 0.251. The fraction of sp³-hybridized carbons (Fsp3) is 0.381. The van der Waals surface area contributed by atoms with E-state index in [0.717, 1.165) is 32.5 Å². The quantitative estimate of drug-likeness (QED) is 0.777. The lowest BCUT2D eigenvalue weighted by atomic mass is 10.1. The number of amides is 2. The number of nitrogens with zero attached hydrogens (tertiary/aromatic N) is 1. The van der Waals surface area contributed by atoms with E-state index < -0.39 is 11.8 Å². The lowest BCUT2D eigenvalue weighted by Crippen LogP contribution is -2.31.